The van der Waals surface area contributed by atoms with Crippen LogP contribution in [0.3, 0.4) is 0 Å². The Morgan fingerprint density at radius 2 is 1.22 bits per heavy atom. The minimum Gasteiger partial charge on any atom is -0.0651 e. The maximum Gasteiger partial charge on any atom is 0.0250 e. The lowest BCUT2D eigenvalue weighted by Gasteiger charge is -2.22. The maximum absolute atomic E-state index is 3.75. The minimum atomic E-state index is 0.457. The molecule has 0 saturated carbocycles. The standard InChI is InChI=1S/C31H25Br/c1-19-16-29-24(23-11-5-9-21-8-3-4-10-22(21)23)12-6-13-25(29)27(19)18-28-20(2)17-30-26(28)14-7-15-31(30)32/h3-17,27-28H,18H2,1-2H3. The first-order valence-corrected chi connectivity index (χ1v) is 12.2. The van der Waals surface area contributed by atoms with Crippen molar-refractivity contribution in [2.75, 3.05) is 0 Å². The third kappa shape index (κ3) is 3.03. The summed E-state index contributed by atoms with van der Waals surface area (Å²) >= 11 is 3.75. The highest BCUT2D eigenvalue weighted by Gasteiger charge is 2.31. The molecule has 156 valence electrons. The highest BCUT2D eigenvalue weighted by Crippen LogP contribution is 2.50. The van der Waals surface area contributed by atoms with E-state index < -0.39 is 0 Å². The smallest absolute Gasteiger partial charge is 0.0250 e. The zero-order valence-corrected chi connectivity index (χ0v) is 20.0. The predicted molar refractivity (Wildman–Crippen MR) is 141 cm³/mol. The van der Waals surface area contributed by atoms with Crippen LogP contribution >= 0.6 is 15.9 Å². The lowest BCUT2D eigenvalue weighted by atomic mass is 9.81. The van der Waals surface area contributed by atoms with Gasteiger partial charge in [0.15, 0.2) is 0 Å². The second kappa shape index (κ2) is 7.60. The van der Waals surface area contributed by atoms with Gasteiger partial charge in [-0.15, -0.1) is 0 Å². The van der Waals surface area contributed by atoms with E-state index in [0.717, 1.165) is 6.42 Å². The summed E-state index contributed by atoms with van der Waals surface area (Å²) in [5, 5.41) is 2.62. The monoisotopic (exact) mass is 476 g/mol. The average Bonchev–Trinajstić information content (AvgIpc) is 3.31. The molecule has 0 nitrogen and oxygen atoms in total. The Balaban J connectivity index is 1.43. The summed E-state index contributed by atoms with van der Waals surface area (Å²) < 4.78 is 1.20. The van der Waals surface area contributed by atoms with Crippen molar-refractivity contribution in [2.45, 2.75) is 32.1 Å². The van der Waals surface area contributed by atoms with Crippen molar-refractivity contribution in [3.8, 4) is 11.1 Å². The highest BCUT2D eigenvalue weighted by atomic mass is 79.9. The Bertz CT molecular complexity index is 1430. The molecule has 0 N–H and O–H groups in total. The average molecular weight is 477 g/mol. The zero-order valence-electron chi connectivity index (χ0n) is 18.4. The first-order chi connectivity index (χ1) is 15.6. The molecule has 0 saturated heterocycles. The molecule has 2 aliphatic rings. The van der Waals surface area contributed by atoms with E-state index in [1.54, 1.807) is 0 Å². The first-order valence-electron chi connectivity index (χ1n) is 11.4. The largest absolute Gasteiger partial charge is 0.0651 e. The number of benzene rings is 4. The van der Waals surface area contributed by atoms with Crippen LogP contribution in [0.5, 0.6) is 0 Å². The molecule has 4 aromatic rings. The van der Waals surface area contributed by atoms with E-state index >= 15 is 0 Å². The predicted octanol–water partition coefficient (Wildman–Crippen LogP) is 9.36. The minimum absolute atomic E-state index is 0.457. The molecule has 4 aromatic carbocycles. The van der Waals surface area contributed by atoms with Crippen LogP contribution in [0, 0.1) is 0 Å². The van der Waals surface area contributed by atoms with Crippen molar-refractivity contribution in [3.05, 3.63) is 117 Å². The first kappa shape index (κ1) is 19.8. The van der Waals surface area contributed by atoms with Crippen LogP contribution in [0.2, 0.25) is 0 Å². The number of allylic oxidation sites excluding steroid dienone is 2. The Kier molecular flexibility index (Phi) is 4.69. The van der Waals surface area contributed by atoms with E-state index in [2.05, 4.69) is 121 Å². The van der Waals surface area contributed by atoms with Gasteiger partial charge >= 0.3 is 0 Å². The second-order valence-electron chi connectivity index (χ2n) is 9.20. The van der Waals surface area contributed by atoms with Gasteiger partial charge < -0.3 is 0 Å². The van der Waals surface area contributed by atoms with Crippen molar-refractivity contribution in [3.63, 3.8) is 0 Å². The molecule has 1 heteroatoms. The summed E-state index contributed by atoms with van der Waals surface area (Å²) in [5.74, 6) is 0.932. The van der Waals surface area contributed by atoms with Crippen molar-refractivity contribution < 1.29 is 0 Å². The van der Waals surface area contributed by atoms with E-state index in [0.29, 0.717) is 11.8 Å². The lowest BCUT2D eigenvalue weighted by molar-refractivity contribution is 0.642. The Morgan fingerprint density at radius 1 is 0.625 bits per heavy atom. The maximum atomic E-state index is 3.75. The van der Waals surface area contributed by atoms with Gasteiger partial charge in [0, 0.05) is 16.3 Å². The normalized spacial score (nSPS) is 19.0. The summed E-state index contributed by atoms with van der Waals surface area (Å²) in [6.45, 7) is 4.60. The number of hydrogen-bond donors (Lipinski definition) is 0. The van der Waals surface area contributed by atoms with Crippen LogP contribution < -0.4 is 0 Å². The molecular formula is C31H25Br. The number of fused-ring (bicyclic) bond motifs is 3. The molecule has 2 unspecified atom stereocenters. The van der Waals surface area contributed by atoms with Crippen LogP contribution in [0.1, 0.15) is 54.4 Å². The topological polar surface area (TPSA) is 0 Å². The van der Waals surface area contributed by atoms with Gasteiger partial charge in [0.25, 0.3) is 0 Å². The molecule has 0 aromatic heterocycles. The molecule has 6 rings (SSSR count). The molecular weight excluding hydrogens is 452 g/mol. The third-order valence-electron chi connectivity index (χ3n) is 7.37. The molecule has 2 atom stereocenters. The van der Waals surface area contributed by atoms with Gasteiger partial charge in [-0.2, -0.15) is 0 Å². The Hall–Kier alpha value is -2.90. The van der Waals surface area contributed by atoms with Crippen LogP contribution in [-0.4, -0.2) is 0 Å². The molecule has 2 aliphatic carbocycles. The van der Waals surface area contributed by atoms with E-state index in [9.17, 15) is 0 Å². The molecule has 0 spiro atoms. The summed E-state index contributed by atoms with van der Waals surface area (Å²) in [5.41, 5.74) is 11.3. The molecule has 0 fully saturated rings. The summed E-state index contributed by atoms with van der Waals surface area (Å²) in [6, 6.07) is 28.9. The quantitative estimate of drug-likeness (QED) is 0.276. The third-order valence-corrected chi connectivity index (χ3v) is 8.06. The zero-order chi connectivity index (χ0) is 21.8. The fraction of sp³-hybridized carbons (Fsp3) is 0.161. The van der Waals surface area contributed by atoms with Gasteiger partial charge in [0.1, 0.15) is 0 Å². The molecule has 0 aliphatic heterocycles. The van der Waals surface area contributed by atoms with Crippen molar-refractivity contribution in [1.29, 1.82) is 0 Å². The van der Waals surface area contributed by atoms with Crippen molar-refractivity contribution >= 4 is 38.9 Å². The van der Waals surface area contributed by atoms with Gasteiger partial charge in [-0.1, -0.05) is 112 Å². The van der Waals surface area contributed by atoms with E-state index in [1.807, 2.05) is 0 Å². The van der Waals surface area contributed by atoms with E-state index in [1.165, 1.54) is 59.8 Å². The highest BCUT2D eigenvalue weighted by molar-refractivity contribution is 9.10. The van der Waals surface area contributed by atoms with E-state index in [-0.39, 0.29) is 0 Å². The van der Waals surface area contributed by atoms with Crippen molar-refractivity contribution in [2.24, 2.45) is 0 Å². The Morgan fingerprint density at radius 3 is 2.03 bits per heavy atom. The van der Waals surface area contributed by atoms with Gasteiger partial charge in [0.05, 0.1) is 0 Å². The van der Waals surface area contributed by atoms with Gasteiger partial charge in [0.2, 0.25) is 0 Å². The molecule has 0 heterocycles. The van der Waals surface area contributed by atoms with E-state index in [4.69, 9.17) is 0 Å². The summed E-state index contributed by atoms with van der Waals surface area (Å²) in [4.78, 5) is 0. The van der Waals surface area contributed by atoms with Gasteiger partial charge in [-0.05, 0) is 70.5 Å². The van der Waals surface area contributed by atoms with Crippen LogP contribution in [-0.2, 0) is 0 Å². The van der Waals surface area contributed by atoms with Crippen LogP contribution in [0.4, 0.5) is 0 Å². The Labute approximate surface area is 198 Å². The number of hydrogen-bond acceptors (Lipinski definition) is 0. The lowest BCUT2D eigenvalue weighted by Crippen LogP contribution is -2.06. The second-order valence-corrected chi connectivity index (χ2v) is 10.0. The van der Waals surface area contributed by atoms with Crippen LogP contribution in [0.25, 0.3) is 34.1 Å². The SMILES string of the molecule is CC1=Cc2c(Br)cccc2C1CC1C(C)=Cc2c(-c3cccc4ccccc34)cccc21. The fourth-order valence-corrected chi connectivity index (χ4v) is 6.26. The summed E-state index contributed by atoms with van der Waals surface area (Å²) in [6.07, 6.45) is 5.93. The molecule has 32 heavy (non-hydrogen) atoms. The van der Waals surface area contributed by atoms with Gasteiger partial charge in [-0.25, -0.2) is 0 Å². The van der Waals surface area contributed by atoms with Gasteiger partial charge in [-0.3, -0.25) is 0 Å². The van der Waals surface area contributed by atoms with Crippen LogP contribution in [0.15, 0.2) is 94.5 Å². The number of rotatable bonds is 3. The molecule has 0 bridgehead atoms. The summed E-state index contributed by atoms with van der Waals surface area (Å²) in [7, 11) is 0. The molecule has 0 radical (unpaired) electrons. The number of halogens is 1. The van der Waals surface area contributed by atoms with Crippen molar-refractivity contribution in [1.82, 2.24) is 0 Å². The molecule has 0 amide bonds. The fourth-order valence-electron chi connectivity index (χ4n) is 5.76.